The van der Waals surface area contributed by atoms with Gasteiger partial charge in [0.1, 0.15) is 0 Å². The number of halogens is 4. The van der Waals surface area contributed by atoms with Crippen LogP contribution in [0.4, 0.5) is 13.2 Å². The summed E-state index contributed by atoms with van der Waals surface area (Å²) in [6.45, 7) is 0. The summed E-state index contributed by atoms with van der Waals surface area (Å²) in [6.07, 6.45) is -4.53. The van der Waals surface area contributed by atoms with Crippen LogP contribution in [-0.4, -0.2) is 14.6 Å². The van der Waals surface area contributed by atoms with Crippen molar-refractivity contribution in [3.8, 4) is 0 Å². The smallest absolute Gasteiger partial charge is 0.216 e. The Kier molecular flexibility index (Phi) is 2.30. The number of alkyl halides is 4. The molecule has 2 heterocycles. The molecule has 0 spiro atoms. The van der Waals surface area contributed by atoms with E-state index < -0.39 is 12.0 Å². The number of aromatic nitrogens is 3. The molecule has 0 amide bonds. The third-order valence-corrected chi connectivity index (χ3v) is 2.10. The first-order chi connectivity index (χ1) is 7.02. The van der Waals surface area contributed by atoms with Gasteiger partial charge in [-0.1, -0.05) is 6.07 Å². The Balaban J connectivity index is 2.65. The molecule has 15 heavy (non-hydrogen) atoms. The molecule has 2 aromatic heterocycles. The van der Waals surface area contributed by atoms with Crippen molar-refractivity contribution < 1.29 is 13.2 Å². The Morgan fingerprint density at radius 3 is 2.67 bits per heavy atom. The molecule has 0 unspecified atom stereocenters. The van der Waals surface area contributed by atoms with Crippen LogP contribution in [0.5, 0.6) is 0 Å². The highest BCUT2D eigenvalue weighted by atomic mass is 35.5. The standard InChI is InChI=1S/C8H5ClF3N3/c9-4-5-2-1-3-6-13-7(8(10,11)12)14-15(5)6/h1-3H,4H2. The first kappa shape index (κ1) is 10.2. The predicted molar refractivity (Wildman–Crippen MR) is 47.5 cm³/mol. The number of fused-ring (bicyclic) bond motifs is 1. The number of hydrogen-bond acceptors (Lipinski definition) is 2. The fraction of sp³-hybridized carbons (Fsp3) is 0.250. The Morgan fingerprint density at radius 2 is 2.07 bits per heavy atom. The molecule has 0 fully saturated rings. The Labute approximate surface area is 87.5 Å². The van der Waals surface area contributed by atoms with Crippen molar-refractivity contribution >= 4 is 17.2 Å². The molecule has 0 bridgehead atoms. The maximum Gasteiger partial charge on any atom is 0.453 e. The third kappa shape index (κ3) is 1.77. The molecule has 2 aromatic rings. The van der Waals surface area contributed by atoms with E-state index in [2.05, 4.69) is 10.1 Å². The van der Waals surface area contributed by atoms with E-state index in [-0.39, 0.29) is 11.5 Å². The highest BCUT2D eigenvalue weighted by molar-refractivity contribution is 6.16. The summed E-state index contributed by atoms with van der Waals surface area (Å²) >= 11 is 5.56. The summed E-state index contributed by atoms with van der Waals surface area (Å²) in [4.78, 5) is 3.36. The van der Waals surface area contributed by atoms with Gasteiger partial charge in [0.2, 0.25) is 0 Å². The fourth-order valence-electron chi connectivity index (χ4n) is 1.18. The van der Waals surface area contributed by atoms with Gasteiger partial charge in [0, 0.05) is 0 Å². The largest absolute Gasteiger partial charge is 0.453 e. The van der Waals surface area contributed by atoms with Gasteiger partial charge in [-0.2, -0.15) is 13.2 Å². The second-order valence-corrected chi connectivity index (χ2v) is 3.12. The van der Waals surface area contributed by atoms with E-state index in [4.69, 9.17) is 11.6 Å². The molecule has 0 aliphatic carbocycles. The summed E-state index contributed by atoms with van der Waals surface area (Å²) in [5, 5.41) is 3.35. The van der Waals surface area contributed by atoms with Gasteiger partial charge in [-0.25, -0.2) is 9.50 Å². The monoisotopic (exact) mass is 235 g/mol. The van der Waals surface area contributed by atoms with Gasteiger partial charge in [-0.3, -0.25) is 0 Å². The van der Waals surface area contributed by atoms with Crippen LogP contribution < -0.4 is 0 Å². The van der Waals surface area contributed by atoms with Gasteiger partial charge in [-0.05, 0) is 12.1 Å². The Bertz CT molecular complexity index is 491. The van der Waals surface area contributed by atoms with Crippen LogP contribution in [0.25, 0.3) is 5.65 Å². The van der Waals surface area contributed by atoms with Gasteiger partial charge < -0.3 is 0 Å². The van der Waals surface area contributed by atoms with Crippen molar-refractivity contribution in [3.63, 3.8) is 0 Å². The van der Waals surface area contributed by atoms with E-state index in [0.29, 0.717) is 5.69 Å². The topological polar surface area (TPSA) is 30.2 Å². The lowest BCUT2D eigenvalue weighted by atomic mass is 10.4. The molecule has 0 saturated carbocycles. The van der Waals surface area contributed by atoms with Crippen LogP contribution in [0.3, 0.4) is 0 Å². The summed E-state index contributed by atoms with van der Waals surface area (Å²) in [5.74, 6) is -1.07. The average Bonchev–Trinajstić information content (AvgIpc) is 2.59. The number of rotatable bonds is 1. The van der Waals surface area contributed by atoms with Crippen LogP contribution >= 0.6 is 11.6 Å². The lowest BCUT2D eigenvalue weighted by Crippen LogP contribution is -2.08. The first-order valence-corrected chi connectivity index (χ1v) is 4.53. The van der Waals surface area contributed by atoms with Crippen molar-refractivity contribution in [3.05, 3.63) is 29.7 Å². The molecule has 0 aliphatic rings. The van der Waals surface area contributed by atoms with E-state index in [0.717, 1.165) is 4.52 Å². The van der Waals surface area contributed by atoms with Gasteiger partial charge in [0.25, 0.3) is 5.82 Å². The number of pyridine rings is 1. The lowest BCUT2D eigenvalue weighted by Gasteiger charge is -1.98. The normalized spacial score (nSPS) is 12.3. The Morgan fingerprint density at radius 1 is 1.33 bits per heavy atom. The first-order valence-electron chi connectivity index (χ1n) is 4.00. The van der Waals surface area contributed by atoms with Crippen molar-refractivity contribution in [2.24, 2.45) is 0 Å². The second-order valence-electron chi connectivity index (χ2n) is 2.85. The fourth-order valence-corrected chi connectivity index (χ4v) is 1.38. The van der Waals surface area contributed by atoms with Gasteiger partial charge in [0.15, 0.2) is 5.65 Å². The van der Waals surface area contributed by atoms with E-state index in [9.17, 15) is 13.2 Å². The molecule has 2 rings (SSSR count). The minimum absolute atomic E-state index is 0.0813. The quantitative estimate of drug-likeness (QED) is 0.711. The van der Waals surface area contributed by atoms with Crippen molar-refractivity contribution in [2.45, 2.75) is 12.1 Å². The SMILES string of the molecule is FC(F)(F)c1nc2cccc(CCl)n2n1. The lowest BCUT2D eigenvalue weighted by molar-refractivity contribution is -0.144. The molecule has 3 nitrogen and oxygen atoms in total. The molecule has 7 heteroatoms. The number of nitrogens with zero attached hydrogens (tertiary/aromatic N) is 3. The molecular formula is C8H5ClF3N3. The summed E-state index contributed by atoms with van der Waals surface area (Å²) in [6, 6.07) is 4.62. The van der Waals surface area contributed by atoms with Gasteiger partial charge >= 0.3 is 6.18 Å². The average molecular weight is 236 g/mol. The van der Waals surface area contributed by atoms with Crippen LogP contribution in [0, 0.1) is 0 Å². The highest BCUT2D eigenvalue weighted by Gasteiger charge is 2.36. The predicted octanol–water partition coefficient (Wildman–Crippen LogP) is 2.49. The molecule has 0 atom stereocenters. The van der Waals surface area contributed by atoms with Crippen molar-refractivity contribution in [1.82, 2.24) is 14.6 Å². The Hall–Kier alpha value is -1.30. The zero-order valence-electron chi connectivity index (χ0n) is 7.29. The molecule has 0 aliphatic heterocycles. The molecule has 0 saturated heterocycles. The second kappa shape index (κ2) is 3.37. The maximum atomic E-state index is 12.3. The van der Waals surface area contributed by atoms with Crippen LogP contribution in [0.1, 0.15) is 11.5 Å². The van der Waals surface area contributed by atoms with Crippen LogP contribution in [-0.2, 0) is 12.1 Å². The van der Waals surface area contributed by atoms with E-state index in [1.807, 2.05) is 0 Å². The van der Waals surface area contributed by atoms with E-state index >= 15 is 0 Å². The molecule has 0 N–H and O–H groups in total. The molecule has 0 aromatic carbocycles. The maximum absolute atomic E-state index is 12.3. The zero-order valence-corrected chi connectivity index (χ0v) is 8.05. The van der Waals surface area contributed by atoms with Gasteiger partial charge in [0.05, 0.1) is 11.6 Å². The minimum atomic E-state index is -4.53. The van der Waals surface area contributed by atoms with Crippen molar-refractivity contribution in [1.29, 1.82) is 0 Å². The van der Waals surface area contributed by atoms with Crippen LogP contribution in [0.2, 0.25) is 0 Å². The molecule has 80 valence electrons. The summed E-state index contributed by atoms with van der Waals surface area (Å²) in [5.41, 5.74) is 0.609. The van der Waals surface area contributed by atoms with Crippen molar-refractivity contribution in [2.75, 3.05) is 0 Å². The zero-order chi connectivity index (χ0) is 11.1. The highest BCUT2D eigenvalue weighted by Crippen LogP contribution is 2.26. The van der Waals surface area contributed by atoms with E-state index in [1.165, 1.54) is 6.07 Å². The number of hydrogen-bond donors (Lipinski definition) is 0. The molecular weight excluding hydrogens is 231 g/mol. The summed E-state index contributed by atoms with van der Waals surface area (Å²) in [7, 11) is 0. The summed E-state index contributed by atoms with van der Waals surface area (Å²) < 4.78 is 38.0. The van der Waals surface area contributed by atoms with Crippen LogP contribution in [0.15, 0.2) is 18.2 Å². The van der Waals surface area contributed by atoms with Gasteiger partial charge in [-0.15, -0.1) is 16.7 Å². The molecule has 0 radical (unpaired) electrons. The minimum Gasteiger partial charge on any atom is -0.216 e. The van der Waals surface area contributed by atoms with E-state index in [1.54, 1.807) is 12.1 Å². The third-order valence-electron chi connectivity index (χ3n) is 1.83.